The van der Waals surface area contributed by atoms with Crippen LogP contribution in [0.3, 0.4) is 0 Å². The summed E-state index contributed by atoms with van der Waals surface area (Å²) >= 11 is 0. The lowest BCUT2D eigenvalue weighted by Crippen LogP contribution is -2.19. The van der Waals surface area contributed by atoms with Crippen molar-refractivity contribution in [2.45, 2.75) is 13.3 Å². The van der Waals surface area contributed by atoms with E-state index in [1.54, 1.807) is 6.08 Å². The molecule has 0 fully saturated rings. The van der Waals surface area contributed by atoms with E-state index in [0.717, 1.165) is 17.4 Å². The summed E-state index contributed by atoms with van der Waals surface area (Å²) in [6, 6.07) is 8.09. The first-order valence-electron chi connectivity index (χ1n) is 5.17. The van der Waals surface area contributed by atoms with E-state index in [1.807, 2.05) is 24.3 Å². The Morgan fingerprint density at radius 3 is 2.87 bits per heavy atom. The van der Waals surface area contributed by atoms with E-state index in [-0.39, 0.29) is 0 Å². The molecule has 0 atom stereocenters. The number of fused-ring (bicyclic) bond motifs is 1. The van der Waals surface area contributed by atoms with Crippen molar-refractivity contribution in [2.24, 2.45) is 0 Å². The zero-order chi connectivity index (χ0) is 10.7. The van der Waals surface area contributed by atoms with Gasteiger partial charge in [-0.25, -0.2) is 0 Å². The second-order valence-electron chi connectivity index (χ2n) is 3.39. The zero-order valence-corrected chi connectivity index (χ0v) is 8.86. The number of benzene rings is 1. The molecule has 0 spiro atoms. The molecule has 1 nitrogen and oxygen atoms in total. The first kappa shape index (κ1) is 9.78. The summed E-state index contributed by atoms with van der Waals surface area (Å²) in [6.07, 6.45) is 6.84. The quantitative estimate of drug-likeness (QED) is 0.723. The third kappa shape index (κ3) is 1.73. The molecule has 0 aliphatic rings. The highest BCUT2D eigenvalue weighted by Gasteiger charge is 1.99. The van der Waals surface area contributed by atoms with Crippen LogP contribution in [0.1, 0.15) is 13.3 Å². The average Bonchev–Trinajstić information content (AvgIpc) is 2.59. The van der Waals surface area contributed by atoms with E-state index in [0.29, 0.717) is 0 Å². The summed E-state index contributed by atoms with van der Waals surface area (Å²) in [7, 11) is 0. The third-order valence-electron chi connectivity index (χ3n) is 2.34. The van der Waals surface area contributed by atoms with Crippen LogP contribution in [-0.4, -0.2) is 0 Å². The van der Waals surface area contributed by atoms with Crippen molar-refractivity contribution < 1.29 is 4.42 Å². The molecule has 0 unspecified atom stereocenters. The number of rotatable bonds is 2. The van der Waals surface area contributed by atoms with Crippen LogP contribution in [0.2, 0.25) is 0 Å². The van der Waals surface area contributed by atoms with E-state index in [4.69, 9.17) is 4.42 Å². The number of allylic oxidation sites excluding steroid dienone is 1. The molecule has 0 saturated carbocycles. The van der Waals surface area contributed by atoms with Crippen LogP contribution in [0.15, 0.2) is 41.3 Å². The lowest BCUT2D eigenvalue weighted by molar-refractivity contribution is 0.575. The molecule has 0 bridgehead atoms. The van der Waals surface area contributed by atoms with E-state index in [2.05, 4.69) is 25.6 Å². The Morgan fingerprint density at radius 1 is 1.33 bits per heavy atom. The summed E-state index contributed by atoms with van der Waals surface area (Å²) in [5.41, 5.74) is 1.83. The van der Waals surface area contributed by atoms with Crippen molar-refractivity contribution in [2.75, 3.05) is 0 Å². The van der Waals surface area contributed by atoms with Crippen LogP contribution in [-0.2, 0) is 0 Å². The van der Waals surface area contributed by atoms with Gasteiger partial charge in [0, 0.05) is 10.6 Å². The summed E-state index contributed by atoms with van der Waals surface area (Å²) in [5, 5.41) is 2.35. The Kier molecular flexibility index (Phi) is 2.72. The summed E-state index contributed by atoms with van der Waals surface area (Å²) in [4.78, 5) is 0. The molecule has 1 aromatic carbocycles. The number of hydrogen-bond donors (Lipinski definition) is 0. The molecule has 0 aliphatic heterocycles. The maximum atomic E-state index is 5.73. The minimum absolute atomic E-state index is 0.896. The third-order valence-corrected chi connectivity index (χ3v) is 2.34. The van der Waals surface area contributed by atoms with Crippen molar-refractivity contribution in [3.8, 4) is 0 Å². The lowest BCUT2D eigenvalue weighted by Gasteiger charge is -1.83. The highest BCUT2D eigenvalue weighted by molar-refractivity contribution is 5.78. The predicted molar refractivity (Wildman–Crippen MR) is 64.9 cm³/mol. The van der Waals surface area contributed by atoms with Crippen molar-refractivity contribution in [3.05, 3.63) is 47.6 Å². The van der Waals surface area contributed by atoms with Gasteiger partial charge in [0.2, 0.25) is 0 Å². The summed E-state index contributed by atoms with van der Waals surface area (Å²) < 4.78 is 5.73. The predicted octanol–water partition coefficient (Wildman–Crippen LogP) is 2.59. The van der Waals surface area contributed by atoms with Gasteiger partial charge in [-0.15, -0.1) is 0 Å². The van der Waals surface area contributed by atoms with Crippen molar-refractivity contribution >= 4 is 23.1 Å². The molecule has 0 radical (unpaired) electrons. The Bertz CT molecular complexity index is 587. The second kappa shape index (κ2) is 4.18. The van der Waals surface area contributed by atoms with Gasteiger partial charge in [0.25, 0.3) is 0 Å². The van der Waals surface area contributed by atoms with Crippen LogP contribution in [0.25, 0.3) is 23.1 Å². The van der Waals surface area contributed by atoms with E-state index in [1.165, 1.54) is 10.6 Å². The maximum absolute atomic E-state index is 5.73. The topological polar surface area (TPSA) is 13.1 Å². The molecule has 1 aromatic heterocycles. The van der Waals surface area contributed by atoms with Crippen molar-refractivity contribution in [1.29, 1.82) is 0 Å². The van der Waals surface area contributed by atoms with Gasteiger partial charge in [-0.2, -0.15) is 0 Å². The molecule has 0 saturated heterocycles. The highest BCUT2D eigenvalue weighted by atomic mass is 16.3. The van der Waals surface area contributed by atoms with Crippen LogP contribution in [0.5, 0.6) is 0 Å². The lowest BCUT2D eigenvalue weighted by atomic mass is 10.2. The van der Waals surface area contributed by atoms with E-state index in [9.17, 15) is 0 Å². The Balaban J connectivity index is 2.93. The minimum Gasteiger partial charge on any atom is -0.456 e. The van der Waals surface area contributed by atoms with Crippen LogP contribution >= 0.6 is 0 Å². The molecule has 1 heteroatoms. The van der Waals surface area contributed by atoms with Crippen molar-refractivity contribution in [1.82, 2.24) is 0 Å². The van der Waals surface area contributed by atoms with Gasteiger partial charge in [-0.3, -0.25) is 0 Å². The number of furan rings is 1. The molecule has 1 heterocycles. The second-order valence-corrected chi connectivity index (χ2v) is 3.39. The normalized spacial score (nSPS) is 13.7. The fraction of sp³-hybridized carbons (Fsp3) is 0.143. The minimum atomic E-state index is 0.896. The Hall–Kier alpha value is -1.76. The van der Waals surface area contributed by atoms with E-state index < -0.39 is 0 Å². The Morgan fingerprint density at radius 2 is 2.13 bits per heavy atom. The molecule has 0 N–H and O–H groups in total. The first-order valence-corrected chi connectivity index (χ1v) is 5.17. The van der Waals surface area contributed by atoms with Gasteiger partial charge in [-0.05, 0) is 18.6 Å². The van der Waals surface area contributed by atoms with Crippen LogP contribution in [0.4, 0.5) is 0 Å². The molecule has 15 heavy (non-hydrogen) atoms. The van der Waals surface area contributed by atoms with E-state index >= 15 is 0 Å². The molecule has 76 valence electrons. The first-order chi connectivity index (χ1) is 7.36. The molecular formula is C14H14O. The smallest absolute Gasteiger partial charge is 0.135 e. The van der Waals surface area contributed by atoms with Gasteiger partial charge in [-0.1, -0.05) is 43.9 Å². The standard InChI is InChI=1S/C14H14O/c1-3-7-11-12-9-5-6-10-14(12)15-13(11)8-4-2/h4-10H,2-3H2,1H3/b11-7-,13-8+. The fourth-order valence-corrected chi connectivity index (χ4v) is 1.73. The maximum Gasteiger partial charge on any atom is 0.135 e. The molecule has 2 rings (SSSR count). The van der Waals surface area contributed by atoms with Crippen LogP contribution in [0, 0.1) is 0 Å². The molecule has 0 amide bonds. The number of hydrogen-bond acceptors (Lipinski definition) is 1. The Labute approximate surface area is 89.0 Å². The monoisotopic (exact) mass is 198 g/mol. The summed E-state index contributed by atoms with van der Waals surface area (Å²) in [6.45, 7) is 5.82. The highest BCUT2D eigenvalue weighted by Crippen LogP contribution is 2.06. The fourth-order valence-electron chi connectivity index (χ4n) is 1.73. The molecule has 0 aliphatic carbocycles. The summed E-state index contributed by atoms with van der Waals surface area (Å²) in [5.74, 6) is 0. The van der Waals surface area contributed by atoms with Crippen LogP contribution < -0.4 is 10.6 Å². The van der Waals surface area contributed by atoms with Crippen molar-refractivity contribution in [3.63, 3.8) is 0 Å². The average molecular weight is 198 g/mol. The number of para-hydroxylation sites is 1. The zero-order valence-electron chi connectivity index (χ0n) is 8.86. The largest absolute Gasteiger partial charge is 0.456 e. The van der Waals surface area contributed by atoms with Gasteiger partial charge in [0.15, 0.2) is 0 Å². The SMILES string of the molecule is C=C/C=c1/oc2ccccc2/c1=C/CC. The van der Waals surface area contributed by atoms with Gasteiger partial charge >= 0.3 is 0 Å². The van der Waals surface area contributed by atoms with Gasteiger partial charge < -0.3 is 4.42 Å². The molecular weight excluding hydrogens is 184 g/mol. The molecule has 2 aromatic rings. The van der Waals surface area contributed by atoms with Gasteiger partial charge in [0.05, 0.1) is 0 Å². The van der Waals surface area contributed by atoms with Gasteiger partial charge in [0.1, 0.15) is 11.0 Å².